The number of anilines is 1. The molecule has 0 spiro atoms. The number of rotatable bonds is 5. The third kappa shape index (κ3) is 3.54. The fraction of sp³-hybridized carbons (Fsp3) is 0.600. The lowest BCUT2D eigenvalue weighted by atomic mass is 9.49. The molecule has 28 heavy (non-hydrogen) atoms. The van der Waals surface area contributed by atoms with Gasteiger partial charge in [0.2, 0.25) is 0 Å². The normalized spacial score (nSPS) is 33.9. The zero-order chi connectivity index (χ0) is 20.1. The van der Waals surface area contributed by atoms with Crippen molar-refractivity contribution < 1.29 is 19.2 Å². The first-order valence-electron chi connectivity index (χ1n) is 9.63. The van der Waals surface area contributed by atoms with Crippen molar-refractivity contribution in [2.45, 2.75) is 55.9 Å². The second-order valence-corrected chi connectivity index (χ2v) is 10.4. The molecule has 0 aliphatic heterocycles. The molecule has 0 saturated heterocycles. The van der Waals surface area contributed by atoms with E-state index in [1.165, 1.54) is 30.7 Å². The Morgan fingerprint density at radius 1 is 1.21 bits per heavy atom. The van der Waals surface area contributed by atoms with Gasteiger partial charge in [-0.15, -0.1) is 0 Å². The molecule has 4 saturated carbocycles. The number of alkyl halides is 1. The maximum atomic E-state index is 13.0. The number of halogens is 1. The summed E-state index contributed by atoms with van der Waals surface area (Å²) in [6.45, 7) is 1.56. The number of nitro groups is 1. The summed E-state index contributed by atoms with van der Waals surface area (Å²) in [4.78, 5) is 35.7. The number of non-ortho nitro benzene ring substituents is 1. The molecular formula is C20H23BrN2O5. The van der Waals surface area contributed by atoms with Crippen LogP contribution in [0.3, 0.4) is 0 Å². The van der Waals surface area contributed by atoms with E-state index in [0.29, 0.717) is 17.5 Å². The number of hydrogen-bond acceptors (Lipinski definition) is 5. The molecule has 4 bridgehead atoms. The fourth-order valence-corrected chi connectivity index (χ4v) is 7.09. The van der Waals surface area contributed by atoms with Gasteiger partial charge < -0.3 is 10.1 Å². The minimum atomic E-state index is -0.929. The number of carbonyl (C=O) groups is 2. The molecule has 1 amide bonds. The summed E-state index contributed by atoms with van der Waals surface area (Å²) in [5.74, 6) is 0.395. The number of nitrogens with zero attached hydrogens (tertiary/aromatic N) is 1. The van der Waals surface area contributed by atoms with Crippen LogP contribution in [0.2, 0.25) is 0 Å². The summed E-state index contributed by atoms with van der Waals surface area (Å²) in [6.07, 6.45) is 4.99. The van der Waals surface area contributed by atoms with Gasteiger partial charge in [0.05, 0.1) is 10.3 Å². The van der Waals surface area contributed by atoms with Crippen molar-refractivity contribution in [1.29, 1.82) is 0 Å². The van der Waals surface area contributed by atoms with E-state index in [2.05, 4.69) is 21.2 Å². The van der Waals surface area contributed by atoms with E-state index in [-0.39, 0.29) is 16.0 Å². The molecule has 0 aromatic heterocycles. The highest BCUT2D eigenvalue weighted by Gasteiger charge is 2.60. The van der Waals surface area contributed by atoms with Gasteiger partial charge >= 0.3 is 5.97 Å². The zero-order valence-corrected chi connectivity index (χ0v) is 17.2. The Morgan fingerprint density at radius 2 is 1.82 bits per heavy atom. The lowest BCUT2D eigenvalue weighted by molar-refractivity contribution is -0.384. The Bertz CT molecular complexity index is 810. The molecule has 0 radical (unpaired) electrons. The molecule has 4 aliphatic carbocycles. The van der Waals surface area contributed by atoms with E-state index in [1.807, 2.05) is 0 Å². The van der Waals surface area contributed by atoms with Crippen LogP contribution in [0, 0.1) is 27.4 Å². The molecule has 150 valence electrons. The van der Waals surface area contributed by atoms with Crippen LogP contribution in [0.25, 0.3) is 0 Å². The minimum Gasteiger partial charge on any atom is -0.452 e. The average Bonchev–Trinajstić information content (AvgIpc) is 2.59. The number of benzene rings is 1. The first-order chi connectivity index (χ1) is 13.2. The number of amides is 1. The molecule has 3 unspecified atom stereocenters. The van der Waals surface area contributed by atoms with Gasteiger partial charge in [0.25, 0.3) is 11.6 Å². The molecule has 7 nitrogen and oxygen atoms in total. The quantitative estimate of drug-likeness (QED) is 0.313. The third-order valence-corrected chi connectivity index (χ3v) is 7.35. The van der Waals surface area contributed by atoms with Gasteiger partial charge in [-0.25, -0.2) is 0 Å². The van der Waals surface area contributed by atoms with E-state index < -0.39 is 22.3 Å². The maximum Gasteiger partial charge on any atom is 0.312 e. The van der Waals surface area contributed by atoms with Crippen molar-refractivity contribution in [2.24, 2.45) is 17.3 Å². The van der Waals surface area contributed by atoms with Crippen LogP contribution in [0.4, 0.5) is 11.4 Å². The summed E-state index contributed by atoms with van der Waals surface area (Å²) in [6, 6.07) is 5.55. The van der Waals surface area contributed by atoms with Crippen molar-refractivity contribution in [1.82, 2.24) is 0 Å². The molecule has 8 heteroatoms. The summed E-state index contributed by atoms with van der Waals surface area (Å²) in [7, 11) is 0. The van der Waals surface area contributed by atoms with Crippen LogP contribution in [0.5, 0.6) is 0 Å². The van der Waals surface area contributed by atoms with E-state index in [0.717, 1.165) is 32.1 Å². The van der Waals surface area contributed by atoms with Gasteiger partial charge in [0.15, 0.2) is 6.10 Å². The molecule has 3 atom stereocenters. The van der Waals surface area contributed by atoms with Gasteiger partial charge in [-0.05, 0) is 69.4 Å². The summed E-state index contributed by atoms with van der Waals surface area (Å²) in [5, 5.41) is 13.4. The lowest BCUT2D eigenvalue weighted by Crippen LogP contribution is -2.56. The van der Waals surface area contributed by atoms with E-state index in [1.54, 1.807) is 6.92 Å². The molecule has 4 fully saturated rings. The Hall–Kier alpha value is -1.96. The molecule has 1 aromatic carbocycles. The SMILES string of the molecule is CC(OC(=O)C12CC3CC(CC(Br)(C3)C1)C2)C(=O)Nc1ccc([N+](=O)[O-])cc1. The summed E-state index contributed by atoms with van der Waals surface area (Å²) >= 11 is 3.88. The molecule has 5 rings (SSSR count). The highest BCUT2D eigenvalue weighted by Crippen LogP contribution is 2.64. The molecule has 0 heterocycles. The van der Waals surface area contributed by atoms with E-state index in [9.17, 15) is 19.7 Å². The van der Waals surface area contributed by atoms with Crippen LogP contribution >= 0.6 is 15.9 Å². The molecule has 1 N–H and O–H groups in total. The van der Waals surface area contributed by atoms with Gasteiger partial charge in [0, 0.05) is 22.1 Å². The molecular weight excluding hydrogens is 428 g/mol. The number of ether oxygens (including phenoxy) is 1. The molecule has 1 aromatic rings. The van der Waals surface area contributed by atoms with Gasteiger partial charge in [-0.1, -0.05) is 15.9 Å². The number of hydrogen-bond donors (Lipinski definition) is 1. The molecule has 4 aliphatic rings. The zero-order valence-electron chi connectivity index (χ0n) is 15.7. The van der Waals surface area contributed by atoms with Crippen molar-refractivity contribution >= 4 is 39.2 Å². The average molecular weight is 451 g/mol. The predicted octanol–water partition coefficient (Wildman–Crippen LogP) is 4.20. The predicted molar refractivity (Wildman–Crippen MR) is 106 cm³/mol. The Morgan fingerprint density at radius 3 is 2.36 bits per heavy atom. The summed E-state index contributed by atoms with van der Waals surface area (Å²) < 4.78 is 5.64. The van der Waals surface area contributed by atoms with Crippen molar-refractivity contribution in [3.8, 4) is 0 Å². The smallest absolute Gasteiger partial charge is 0.312 e. The van der Waals surface area contributed by atoms with E-state index >= 15 is 0 Å². The van der Waals surface area contributed by atoms with Gasteiger partial charge in [0.1, 0.15) is 0 Å². The Kier molecular flexibility index (Phi) is 4.72. The van der Waals surface area contributed by atoms with Gasteiger partial charge in [-0.3, -0.25) is 19.7 Å². The monoisotopic (exact) mass is 450 g/mol. The fourth-order valence-electron chi connectivity index (χ4n) is 5.64. The largest absolute Gasteiger partial charge is 0.452 e. The number of esters is 1. The van der Waals surface area contributed by atoms with Crippen LogP contribution in [-0.2, 0) is 14.3 Å². The van der Waals surface area contributed by atoms with E-state index in [4.69, 9.17) is 4.74 Å². The second kappa shape index (κ2) is 6.83. The highest BCUT2D eigenvalue weighted by atomic mass is 79.9. The highest BCUT2D eigenvalue weighted by molar-refractivity contribution is 9.10. The van der Waals surface area contributed by atoms with Gasteiger partial charge in [-0.2, -0.15) is 0 Å². The maximum absolute atomic E-state index is 13.0. The first kappa shape index (κ1) is 19.4. The Labute approximate surface area is 171 Å². The lowest BCUT2D eigenvalue weighted by Gasteiger charge is -2.58. The number of nitrogens with one attached hydrogen (secondary N) is 1. The number of carbonyl (C=O) groups excluding carboxylic acids is 2. The number of nitro benzene ring substituents is 1. The third-order valence-electron chi connectivity index (χ3n) is 6.42. The Balaban J connectivity index is 1.39. The first-order valence-corrected chi connectivity index (χ1v) is 10.4. The summed E-state index contributed by atoms with van der Waals surface area (Å²) in [5.41, 5.74) is -0.106. The van der Waals surface area contributed by atoms with Crippen molar-refractivity contribution in [3.63, 3.8) is 0 Å². The minimum absolute atomic E-state index is 0.0420. The topological polar surface area (TPSA) is 98.5 Å². The van der Waals surface area contributed by atoms with Crippen LogP contribution < -0.4 is 5.32 Å². The van der Waals surface area contributed by atoms with Crippen LogP contribution in [0.1, 0.15) is 45.4 Å². The van der Waals surface area contributed by atoms with Crippen molar-refractivity contribution in [3.05, 3.63) is 34.4 Å². The van der Waals surface area contributed by atoms with Crippen molar-refractivity contribution in [2.75, 3.05) is 5.32 Å². The second-order valence-electron chi connectivity index (χ2n) is 8.73. The van der Waals surface area contributed by atoms with Crippen LogP contribution in [-0.4, -0.2) is 27.2 Å². The standard InChI is InChI=1S/C20H23BrN2O5/c1-12(17(24)22-15-2-4-16(5-3-15)23(26)27)28-18(25)19-7-13-6-14(8-19)10-20(21,9-13)11-19/h2-5,12-14H,6-11H2,1H3,(H,22,24). The van der Waals surface area contributed by atoms with Crippen LogP contribution in [0.15, 0.2) is 24.3 Å².